The van der Waals surface area contributed by atoms with Crippen molar-refractivity contribution in [2.45, 2.75) is 61.7 Å². The van der Waals surface area contributed by atoms with Gasteiger partial charge >= 0.3 is 0 Å². The van der Waals surface area contributed by atoms with Gasteiger partial charge in [-0.05, 0) is 50.4 Å². The van der Waals surface area contributed by atoms with E-state index in [0.29, 0.717) is 18.9 Å². The fourth-order valence-corrected chi connectivity index (χ4v) is 5.53. The summed E-state index contributed by atoms with van der Waals surface area (Å²) in [5.41, 5.74) is 1.03. The summed E-state index contributed by atoms with van der Waals surface area (Å²) >= 11 is 0. The van der Waals surface area contributed by atoms with E-state index in [1.807, 2.05) is 12.4 Å². The van der Waals surface area contributed by atoms with Crippen LogP contribution in [-0.2, 0) is 21.2 Å². The lowest BCUT2D eigenvalue weighted by Gasteiger charge is -2.38. The zero-order valence-corrected chi connectivity index (χ0v) is 21.8. The largest absolute Gasteiger partial charge is 0.491 e. The molecule has 0 radical (unpaired) electrons. The van der Waals surface area contributed by atoms with Crippen molar-refractivity contribution in [3.63, 3.8) is 0 Å². The molecule has 36 heavy (non-hydrogen) atoms. The number of aliphatic hydroxyl groups is 1. The number of hydrogen-bond acceptors (Lipinski definition) is 9. The lowest BCUT2D eigenvalue weighted by Crippen LogP contribution is -2.45. The number of benzene rings is 1. The van der Waals surface area contributed by atoms with Gasteiger partial charge in [0, 0.05) is 44.1 Å². The maximum Gasteiger partial charge on any atom is 0.240 e. The number of rotatable bonds is 11. The van der Waals surface area contributed by atoms with Crippen LogP contribution in [0.5, 0.6) is 5.75 Å². The Bertz CT molecular complexity index is 1090. The van der Waals surface area contributed by atoms with Crippen molar-refractivity contribution in [2.24, 2.45) is 0 Å². The minimum atomic E-state index is -3.55. The molecular weight excluding hydrogens is 482 g/mol. The monoisotopic (exact) mass is 519 g/mol. The number of sulfonamides is 1. The molecule has 10 nitrogen and oxygen atoms in total. The first kappa shape index (κ1) is 26.7. The summed E-state index contributed by atoms with van der Waals surface area (Å²) in [6.07, 6.45) is 7.95. The lowest BCUT2D eigenvalue weighted by molar-refractivity contribution is -0.0152. The Morgan fingerprint density at radius 2 is 2.03 bits per heavy atom. The van der Waals surface area contributed by atoms with Gasteiger partial charge in [0.2, 0.25) is 16.0 Å². The molecule has 4 rings (SSSR count). The van der Waals surface area contributed by atoms with Gasteiger partial charge in [-0.15, -0.1) is 0 Å². The Kier molecular flexibility index (Phi) is 8.78. The summed E-state index contributed by atoms with van der Waals surface area (Å²) in [5, 5.41) is 13.8. The Hall–Kier alpha value is -2.31. The smallest absolute Gasteiger partial charge is 0.240 e. The first-order valence-corrected chi connectivity index (χ1v) is 14.1. The molecule has 0 saturated carbocycles. The van der Waals surface area contributed by atoms with Crippen molar-refractivity contribution in [2.75, 3.05) is 44.8 Å². The summed E-state index contributed by atoms with van der Waals surface area (Å²) in [6, 6.07) is 6.38. The van der Waals surface area contributed by atoms with Crippen molar-refractivity contribution in [3.8, 4) is 5.75 Å². The molecule has 2 aliphatic rings. The Balaban J connectivity index is 1.19. The highest BCUT2D eigenvalue weighted by atomic mass is 32.2. The van der Waals surface area contributed by atoms with E-state index in [2.05, 4.69) is 31.8 Å². The van der Waals surface area contributed by atoms with Crippen LogP contribution in [-0.4, -0.2) is 81.1 Å². The van der Waals surface area contributed by atoms with E-state index in [1.54, 1.807) is 12.1 Å². The van der Waals surface area contributed by atoms with Crippen LogP contribution in [0, 0.1) is 0 Å². The summed E-state index contributed by atoms with van der Waals surface area (Å²) in [5.74, 6) is 1.18. The molecule has 2 aromatic rings. The molecule has 2 aliphatic heterocycles. The van der Waals surface area contributed by atoms with E-state index >= 15 is 0 Å². The molecule has 3 heterocycles. The highest BCUT2D eigenvalue weighted by Crippen LogP contribution is 2.36. The van der Waals surface area contributed by atoms with Crippen molar-refractivity contribution in [3.05, 3.63) is 42.2 Å². The third-order valence-corrected chi connectivity index (χ3v) is 8.28. The van der Waals surface area contributed by atoms with Gasteiger partial charge in [0.15, 0.2) is 0 Å². The standard InChI is InChI=1S/C25H37N5O5S/c1-3-5-19-14-28-24(29-15-19)30-10-8-25(9-11-30)13-20(17-35-25)27-16-21(31)18-34-22-6-4-7-23(12-22)36(32,33)26-2/h4,6-7,12,14-15,20-21,26-27,31H,3,5,8-11,13,16-18H2,1-2H3/t20?,21-/m0/s1. The second-order valence-electron chi connectivity index (χ2n) is 9.58. The number of nitrogens with zero attached hydrogens (tertiary/aromatic N) is 3. The average molecular weight is 520 g/mol. The lowest BCUT2D eigenvalue weighted by atomic mass is 9.87. The predicted molar refractivity (Wildman–Crippen MR) is 137 cm³/mol. The van der Waals surface area contributed by atoms with E-state index < -0.39 is 16.1 Å². The Labute approximate surface area is 213 Å². The molecule has 3 N–H and O–H groups in total. The van der Waals surface area contributed by atoms with Crippen molar-refractivity contribution >= 4 is 16.0 Å². The SMILES string of the molecule is CCCc1cnc(N2CCC3(CC2)CC(NC[C@H](O)COc2cccc(S(=O)(=O)NC)c2)CO3)nc1. The Morgan fingerprint density at radius 1 is 1.28 bits per heavy atom. The first-order valence-electron chi connectivity index (χ1n) is 12.6. The van der Waals surface area contributed by atoms with Gasteiger partial charge in [-0.2, -0.15) is 0 Å². The van der Waals surface area contributed by atoms with E-state index in [1.165, 1.54) is 24.7 Å². The van der Waals surface area contributed by atoms with E-state index in [0.717, 1.165) is 51.1 Å². The van der Waals surface area contributed by atoms with Crippen LogP contribution in [0.2, 0.25) is 0 Å². The van der Waals surface area contributed by atoms with Gasteiger partial charge in [-0.3, -0.25) is 0 Å². The fourth-order valence-electron chi connectivity index (χ4n) is 4.77. The number of nitrogens with one attached hydrogen (secondary N) is 2. The number of anilines is 1. The second-order valence-corrected chi connectivity index (χ2v) is 11.5. The average Bonchev–Trinajstić information content (AvgIpc) is 3.30. The summed E-state index contributed by atoms with van der Waals surface area (Å²) in [4.78, 5) is 11.4. The maximum atomic E-state index is 11.9. The van der Waals surface area contributed by atoms with Crippen LogP contribution in [0.4, 0.5) is 5.95 Å². The molecule has 0 bridgehead atoms. The number of aliphatic hydroxyl groups excluding tert-OH is 1. The number of aromatic nitrogens is 2. The van der Waals surface area contributed by atoms with Crippen molar-refractivity contribution in [1.29, 1.82) is 0 Å². The van der Waals surface area contributed by atoms with Crippen LogP contribution in [0.15, 0.2) is 41.6 Å². The summed E-state index contributed by atoms with van der Waals surface area (Å²) in [7, 11) is -2.19. The topological polar surface area (TPSA) is 126 Å². The highest BCUT2D eigenvalue weighted by molar-refractivity contribution is 7.89. The Morgan fingerprint density at radius 3 is 2.72 bits per heavy atom. The molecular formula is C25H37N5O5S. The van der Waals surface area contributed by atoms with Crippen LogP contribution < -0.4 is 19.7 Å². The van der Waals surface area contributed by atoms with Crippen molar-refractivity contribution in [1.82, 2.24) is 20.0 Å². The zero-order chi connectivity index (χ0) is 25.6. The molecule has 1 spiro atoms. The van der Waals surface area contributed by atoms with E-state index in [9.17, 15) is 13.5 Å². The van der Waals surface area contributed by atoms with Gasteiger partial charge in [0.1, 0.15) is 18.5 Å². The predicted octanol–water partition coefficient (Wildman–Crippen LogP) is 1.49. The van der Waals surface area contributed by atoms with Crippen LogP contribution in [0.25, 0.3) is 0 Å². The second kappa shape index (κ2) is 11.8. The van der Waals surface area contributed by atoms with Crippen LogP contribution in [0.3, 0.4) is 0 Å². The zero-order valence-electron chi connectivity index (χ0n) is 21.0. The molecule has 198 valence electrons. The quantitative estimate of drug-likeness (QED) is 0.405. The van der Waals surface area contributed by atoms with Crippen molar-refractivity contribution < 1.29 is 23.0 Å². The van der Waals surface area contributed by atoms with Gasteiger partial charge in [-0.25, -0.2) is 23.1 Å². The molecule has 0 aliphatic carbocycles. The first-order chi connectivity index (χ1) is 17.3. The number of piperidine rings is 1. The number of ether oxygens (including phenoxy) is 2. The third-order valence-electron chi connectivity index (χ3n) is 6.87. The third kappa shape index (κ3) is 6.71. The molecule has 11 heteroatoms. The molecule has 1 aromatic carbocycles. The minimum absolute atomic E-state index is 0.0563. The van der Waals surface area contributed by atoms with Gasteiger partial charge in [-0.1, -0.05) is 19.4 Å². The number of aryl methyl sites for hydroxylation is 1. The molecule has 2 fully saturated rings. The van der Waals surface area contributed by atoms with Crippen LogP contribution in [0.1, 0.15) is 38.2 Å². The normalized spacial score (nSPS) is 20.5. The molecule has 1 unspecified atom stereocenters. The summed E-state index contributed by atoms with van der Waals surface area (Å²) in [6.45, 7) is 4.90. The number of hydrogen-bond donors (Lipinski definition) is 3. The highest BCUT2D eigenvalue weighted by Gasteiger charge is 2.43. The van der Waals surface area contributed by atoms with Gasteiger partial charge in [0.25, 0.3) is 0 Å². The molecule has 1 aromatic heterocycles. The molecule has 2 atom stereocenters. The molecule has 2 saturated heterocycles. The van der Waals surface area contributed by atoms with E-state index in [-0.39, 0.29) is 23.1 Å². The van der Waals surface area contributed by atoms with E-state index in [4.69, 9.17) is 9.47 Å². The van der Waals surface area contributed by atoms with Gasteiger partial charge in [0.05, 0.1) is 17.1 Å². The summed E-state index contributed by atoms with van der Waals surface area (Å²) < 4.78 is 38.0. The maximum absolute atomic E-state index is 11.9. The fraction of sp³-hybridized carbons (Fsp3) is 0.600. The van der Waals surface area contributed by atoms with Crippen LogP contribution >= 0.6 is 0 Å². The van der Waals surface area contributed by atoms with Gasteiger partial charge < -0.3 is 24.8 Å². The minimum Gasteiger partial charge on any atom is -0.491 e. The molecule has 0 amide bonds.